The van der Waals surface area contributed by atoms with E-state index in [-0.39, 0.29) is 24.3 Å². The molecule has 11 heteroatoms. The van der Waals surface area contributed by atoms with Gasteiger partial charge in [-0.1, -0.05) is 38.4 Å². The standard InChI is InChI=1S/C20H21N9O2.C3H8/c1-12(13-4-5-16(22-6-13)14-7-23-20(21)24-8-14)18-26-19(31-27-18)15-9-25-29(10-15)11-17(30)28(2)3;1-3-2/h4-10,12H,11H2,1-3H3,(H2,21,23,24);3H2,1-2H3. The first-order valence-corrected chi connectivity index (χ1v) is 10.9. The molecule has 1 amide bonds. The number of pyridine rings is 1. The predicted molar refractivity (Wildman–Crippen MR) is 127 cm³/mol. The zero-order valence-corrected chi connectivity index (χ0v) is 20.0. The molecule has 4 aromatic heterocycles. The second-order valence-corrected chi connectivity index (χ2v) is 7.91. The molecule has 4 heterocycles. The van der Waals surface area contributed by atoms with Crippen molar-refractivity contribution >= 4 is 11.9 Å². The Morgan fingerprint density at radius 1 is 1.09 bits per heavy atom. The maximum absolute atomic E-state index is 11.8. The summed E-state index contributed by atoms with van der Waals surface area (Å²) in [5, 5.41) is 8.28. The second kappa shape index (κ2) is 11.1. The summed E-state index contributed by atoms with van der Waals surface area (Å²) in [4.78, 5) is 30.3. The highest BCUT2D eigenvalue weighted by molar-refractivity contribution is 5.75. The van der Waals surface area contributed by atoms with E-state index in [2.05, 4.69) is 44.0 Å². The molecule has 0 fully saturated rings. The summed E-state index contributed by atoms with van der Waals surface area (Å²) in [6.07, 6.45) is 9.57. The average Bonchev–Trinajstić information content (AvgIpc) is 3.49. The SMILES string of the molecule is CC(c1ccc(-c2cnc(N)nc2)nc1)c1noc(-c2cnn(CC(=O)N(C)C)c2)n1.CCC. The molecule has 0 saturated carbocycles. The fourth-order valence-electron chi connectivity index (χ4n) is 2.82. The first-order valence-electron chi connectivity index (χ1n) is 10.9. The summed E-state index contributed by atoms with van der Waals surface area (Å²) < 4.78 is 6.94. The molecule has 1 unspecified atom stereocenters. The van der Waals surface area contributed by atoms with Crippen LogP contribution in [-0.2, 0) is 11.3 Å². The molecule has 11 nitrogen and oxygen atoms in total. The second-order valence-electron chi connectivity index (χ2n) is 7.91. The molecule has 0 saturated heterocycles. The summed E-state index contributed by atoms with van der Waals surface area (Å²) in [7, 11) is 3.40. The first kappa shape index (κ1) is 24.5. The van der Waals surface area contributed by atoms with E-state index >= 15 is 0 Å². The van der Waals surface area contributed by atoms with Crippen LogP contribution in [0.4, 0.5) is 5.95 Å². The van der Waals surface area contributed by atoms with Gasteiger partial charge in [0.1, 0.15) is 6.54 Å². The molecule has 0 spiro atoms. The summed E-state index contributed by atoms with van der Waals surface area (Å²) in [5.74, 6) is 0.895. The average molecular weight is 464 g/mol. The minimum absolute atomic E-state index is 0.0593. The molecule has 0 aliphatic carbocycles. The lowest BCUT2D eigenvalue weighted by Crippen LogP contribution is -2.26. The van der Waals surface area contributed by atoms with E-state index in [0.717, 1.165) is 16.8 Å². The molecule has 178 valence electrons. The van der Waals surface area contributed by atoms with Gasteiger partial charge in [0.05, 0.1) is 17.5 Å². The lowest BCUT2D eigenvalue weighted by molar-refractivity contribution is -0.129. The normalized spacial score (nSPS) is 11.4. The lowest BCUT2D eigenvalue weighted by Gasteiger charge is -2.09. The minimum atomic E-state index is -0.132. The number of aromatic nitrogens is 7. The van der Waals surface area contributed by atoms with E-state index < -0.39 is 0 Å². The molecule has 0 aromatic carbocycles. The van der Waals surface area contributed by atoms with Crippen molar-refractivity contribution in [2.75, 3.05) is 19.8 Å². The largest absolute Gasteiger partial charge is 0.368 e. The van der Waals surface area contributed by atoms with Crippen molar-refractivity contribution in [2.24, 2.45) is 0 Å². The molecular formula is C23H29N9O2. The van der Waals surface area contributed by atoms with Crippen molar-refractivity contribution in [3.63, 3.8) is 0 Å². The summed E-state index contributed by atoms with van der Waals surface area (Å²) >= 11 is 0. The monoisotopic (exact) mass is 463 g/mol. The zero-order valence-electron chi connectivity index (χ0n) is 20.0. The Morgan fingerprint density at radius 2 is 1.79 bits per heavy atom. The van der Waals surface area contributed by atoms with Crippen molar-refractivity contribution in [3.8, 4) is 22.7 Å². The van der Waals surface area contributed by atoms with Crippen LogP contribution in [0.15, 0.2) is 47.6 Å². The highest BCUT2D eigenvalue weighted by Crippen LogP contribution is 2.26. The van der Waals surface area contributed by atoms with Crippen LogP contribution >= 0.6 is 0 Å². The van der Waals surface area contributed by atoms with Crippen LogP contribution < -0.4 is 5.73 Å². The van der Waals surface area contributed by atoms with E-state index in [1.807, 2.05) is 19.1 Å². The maximum atomic E-state index is 11.8. The van der Waals surface area contributed by atoms with Crippen LogP contribution in [0.5, 0.6) is 0 Å². The molecule has 0 radical (unpaired) electrons. The van der Waals surface area contributed by atoms with Gasteiger partial charge in [-0.05, 0) is 11.6 Å². The van der Waals surface area contributed by atoms with Crippen molar-refractivity contribution in [3.05, 3.63) is 54.5 Å². The molecule has 0 aliphatic heterocycles. The van der Waals surface area contributed by atoms with Crippen molar-refractivity contribution in [1.82, 2.24) is 39.8 Å². The number of carbonyl (C=O) groups excluding carboxylic acids is 1. The summed E-state index contributed by atoms with van der Waals surface area (Å²) in [5.41, 5.74) is 8.62. The van der Waals surface area contributed by atoms with E-state index in [4.69, 9.17) is 10.3 Å². The van der Waals surface area contributed by atoms with Gasteiger partial charge in [-0.15, -0.1) is 0 Å². The fraction of sp³-hybridized carbons (Fsp3) is 0.348. The topological polar surface area (TPSA) is 142 Å². The number of amides is 1. The number of hydrogen-bond donors (Lipinski definition) is 1. The van der Waals surface area contributed by atoms with Crippen LogP contribution in [0, 0.1) is 0 Å². The smallest absolute Gasteiger partial charge is 0.261 e. The van der Waals surface area contributed by atoms with Crippen molar-refractivity contribution < 1.29 is 9.32 Å². The van der Waals surface area contributed by atoms with Crippen LogP contribution in [0.1, 0.15) is 44.5 Å². The molecule has 0 bridgehead atoms. The Bertz CT molecular complexity index is 1200. The lowest BCUT2D eigenvalue weighted by atomic mass is 10.0. The maximum Gasteiger partial charge on any atom is 0.261 e. The van der Waals surface area contributed by atoms with E-state index in [1.165, 1.54) is 16.0 Å². The predicted octanol–water partition coefficient (Wildman–Crippen LogP) is 3.02. The molecule has 4 aromatic rings. The molecular weight excluding hydrogens is 434 g/mol. The van der Waals surface area contributed by atoms with Gasteiger partial charge in [0.15, 0.2) is 5.82 Å². The Labute approximate surface area is 198 Å². The zero-order chi connectivity index (χ0) is 24.7. The van der Waals surface area contributed by atoms with Gasteiger partial charge >= 0.3 is 0 Å². The quantitative estimate of drug-likeness (QED) is 0.456. The number of nitrogens with two attached hydrogens (primary N) is 1. The molecule has 34 heavy (non-hydrogen) atoms. The van der Waals surface area contributed by atoms with E-state index in [1.54, 1.807) is 45.1 Å². The highest BCUT2D eigenvalue weighted by atomic mass is 16.5. The summed E-state index contributed by atoms with van der Waals surface area (Å²) in [6, 6.07) is 3.83. The van der Waals surface area contributed by atoms with Crippen molar-refractivity contribution in [2.45, 2.75) is 39.7 Å². The Morgan fingerprint density at radius 3 is 2.41 bits per heavy atom. The third-order valence-corrected chi connectivity index (χ3v) is 4.76. The molecule has 2 N–H and O–H groups in total. The van der Waals surface area contributed by atoms with Gasteiger partial charge < -0.3 is 15.2 Å². The minimum Gasteiger partial charge on any atom is -0.368 e. The van der Waals surface area contributed by atoms with Gasteiger partial charge in [0.25, 0.3) is 5.89 Å². The van der Waals surface area contributed by atoms with Gasteiger partial charge in [-0.2, -0.15) is 10.1 Å². The Balaban J connectivity index is 0.00000103. The van der Waals surface area contributed by atoms with Gasteiger partial charge in [-0.25, -0.2) is 9.97 Å². The van der Waals surface area contributed by atoms with Crippen LogP contribution in [-0.4, -0.2) is 59.8 Å². The van der Waals surface area contributed by atoms with Gasteiger partial charge in [0, 0.05) is 50.4 Å². The number of nitrogens with zero attached hydrogens (tertiary/aromatic N) is 8. The molecule has 4 rings (SSSR count). The first-order chi connectivity index (χ1) is 16.3. The third kappa shape index (κ3) is 6.00. The Kier molecular flexibility index (Phi) is 8.01. The number of rotatable bonds is 6. The van der Waals surface area contributed by atoms with Crippen LogP contribution in [0.25, 0.3) is 22.7 Å². The number of anilines is 1. The molecule has 0 aliphatic rings. The van der Waals surface area contributed by atoms with Crippen LogP contribution in [0.3, 0.4) is 0 Å². The van der Waals surface area contributed by atoms with Gasteiger partial charge in [0.2, 0.25) is 11.9 Å². The number of hydrogen-bond acceptors (Lipinski definition) is 9. The van der Waals surface area contributed by atoms with E-state index in [9.17, 15) is 4.79 Å². The third-order valence-electron chi connectivity index (χ3n) is 4.76. The Hall–Kier alpha value is -4.15. The van der Waals surface area contributed by atoms with Crippen molar-refractivity contribution in [1.29, 1.82) is 0 Å². The number of nitrogen functional groups attached to an aromatic ring is 1. The highest BCUT2D eigenvalue weighted by Gasteiger charge is 2.18. The number of likely N-dealkylation sites (N-methyl/N-ethyl adjacent to an activating group) is 1. The van der Waals surface area contributed by atoms with E-state index in [0.29, 0.717) is 17.3 Å². The van der Waals surface area contributed by atoms with Crippen LogP contribution in [0.2, 0.25) is 0 Å². The number of carbonyl (C=O) groups is 1. The molecule has 1 atom stereocenters. The fourth-order valence-corrected chi connectivity index (χ4v) is 2.82. The van der Waals surface area contributed by atoms with Gasteiger partial charge in [-0.3, -0.25) is 14.5 Å². The summed E-state index contributed by atoms with van der Waals surface area (Å²) in [6.45, 7) is 6.36.